The maximum Gasteiger partial charge on any atom is 0.356 e. The summed E-state index contributed by atoms with van der Waals surface area (Å²) in [4.78, 5) is 98.7. The minimum absolute atomic E-state index is 0.0316. The van der Waals surface area contributed by atoms with E-state index < -0.39 is 47.8 Å². The number of hydrogen-bond donors (Lipinski definition) is 8. The second-order valence-corrected chi connectivity index (χ2v) is 28.4. The van der Waals surface area contributed by atoms with Gasteiger partial charge in [-0.15, -0.1) is 35.8 Å². The topological polar surface area (TPSA) is 557 Å². The summed E-state index contributed by atoms with van der Waals surface area (Å²) in [6.45, 7) is 19.2. The molecule has 0 amide bonds. The number of hydrogen-bond acceptors (Lipinski definition) is 36. The second-order valence-electron chi connectivity index (χ2n) is 28.4. The number of carboxylic acids is 3. The minimum atomic E-state index is -1.11. The third-order valence-corrected chi connectivity index (χ3v) is 18.3. The highest BCUT2D eigenvalue weighted by Crippen LogP contribution is 2.39. The molecule has 8 N–H and O–H groups in total. The van der Waals surface area contributed by atoms with Crippen LogP contribution < -0.4 is 14.2 Å². The normalized spacial score (nSPS) is 11.6. The summed E-state index contributed by atoms with van der Waals surface area (Å²) < 4.78 is 29.5. The number of rotatable bonds is 26. The van der Waals surface area contributed by atoms with Crippen LogP contribution in [0.1, 0.15) is 98.6 Å². The molecule has 0 saturated carbocycles. The zero-order chi connectivity index (χ0) is 97.2. The molecule has 0 unspecified atom stereocenters. The molecule has 9 aromatic carbocycles. The van der Waals surface area contributed by atoms with E-state index in [9.17, 15) is 63.9 Å². The molecule has 134 heavy (non-hydrogen) atoms. The zero-order valence-corrected chi connectivity index (χ0v) is 74.1. The minimum Gasteiger partial charge on any atom is -0.508 e. The summed E-state index contributed by atoms with van der Waals surface area (Å²) in [5.41, 5.74) is 12.4. The Balaban J connectivity index is 0.000000198. The Morgan fingerprint density at radius 3 is 1.28 bits per heavy atom. The first-order valence-electron chi connectivity index (χ1n) is 40.6. The molecule has 1 aliphatic rings. The Hall–Kier alpha value is -17.4. The fourth-order valence-corrected chi connectivity index (χ4v) is 11.5. The van der Waals surface area contributed by atoms with Crippen molar-refractivity contribution in [2.24, 2.45) is 61.4 Å². The summed E-state index contributed by atoms with van der Waals surface area (Å²) in [7, 11) is 1.17. The standard InChI is InChI=1S/C17H15N3O7.C17H19N3O2.C16H15N3O4.C16H18N2O.C15H14N2O3.C14H12N4O5/c1-9(21)27-12-7-13(17(25)26-2)18-15(8-12)20-19-11-3-4-14(22)10(5-11)6-16(23)24;21-17-7-6-16(19-18-15-4-2-1-3-5-15)12-14(17)13-20-8-10-22-11-9-20;1-10-3-4-13(5-12(10)6-16(21)22)18-19-14-7-15(9-17-8-14)23-11(2)20;1-10-12(3)16(19)13(4)11(2)15(10)18-17-14-8-6-5-7-9-14;1-2-20-15(19)13-10-12(8-9-14(13)18)17-16-11-6-4-3-5-7-11;1-8(19)23-11-6-13(17-15-7-11)18-16-10-2-3-12(20)9(4-10)5-14(21)22/h3-5,7-8,22H,6H2,1-2H3,(H,23,24);1-7,12,21H,8-11,13H2;3-5,7-9H,6H2,1-2H3,(H,21,22);5-9,19H,1-4H3;3-10,18H,2H2,1H3;2-4,6-7,20H,5H2,1H3,(H,21,22). The SMILES string of the molecule is CC(=O)Oc1cncc(N=Nc2ccc(C)c(CC(=O)O)c2)c1.CC(=O)Oc1cnnc(N=Nc2ccc(O)c(CC(=O)O)c2)c1.CCOC(=O)c1cc(N=Nc2ccccc2)ccc1O.COC(=O)c1cc(OC(C)=O)cc(N=Nc2ccc(O)c(CC(=O)O)c2)n1.Cc1c(C)c(N=Nc2ccccc2)c(C)c(C)c1O.Oc1ccc(N=Nc2ccccc2)cc1CN1CCOCC1. The number of phenolic OH excluding ortho intramolecular Hbond substituents is 5. The number of aromatic hydroxyl groups is 5. The maximum absolute atomic E-state index is 11.7. The lowest BCUT2D eigenvalue weighted by Gasteiger charge is -2.26. The van der Waals surface area contributed by atoms with Gasteiger partial charge in [-0.3, -0.25) is 38.7 Å². The van der Waals surface area contributed by atoms with Crippen molar-refractivity contribution in [3.05, 3.63) is 286 Å². The van der Waals surface area contributed by atoms with Gasteiger partial charge in [0.25, 0.3) is 0 Å². The first-order chi connectivity index (χ1) is 64.2. The number of aliphatic carboxylic acids is 3. The molecule has 3 aromatic heterocycles. The number of pyridine rings is 2. The van der Waals surface area contributed by atoms with Crippen molar-refractivity contribution in [2.75, 3.05) is 40.0 Å². The van der Waals surface area contributed by atoms with Gasteiger partial charge in [0, 0.05) is 81.4 Å². The molecular weight excluding hydrogens is 1730 g/mol. The average molecular weight is 1820 g/mol. The number of methoxy groups -OCH3 is 1. The summed E-state index contributed by atoms with van der Waals surface area (Å²) >= 11 is 0. The molecule has 13 rings (SSSR count). The average Bonchev–Trinajstić information content (AvgIpc) is 0.796. The Bertz CT molecular complexity index is 6160. The number of nitrogens with zero attached hydrogens (tertiary/aromatic N) is 17. The first-order valence-corrected chi connectivity index (χ1v) is 40.6. The van der Waals surface area contributed by atoms with E-state index in [1.54, 1.807) is 43.3 Å². The highest BCUT2D eigenvalue weighted by molar-refractivity contribution is 5.93. The van der Waals surface area contributed by atoms with E-state index in [0.29, 0.717) is 52.0 Å². The van der Waals surface area contributed by atoms with Crippen LogP contribution in [0.5, 0.6) is 46.0 Å². The van der Waals surface area contributed by atoms with Crippen molar-refractivity contribution in [1.29, 1.82) is 0 Å². The van der Waals surface area contributed by atoms with Crippen molar-refractivity contribution >= 4 is 116 Å². The molecule has 0 bridgehead atoms. The van der Waals surface area contributed by atoms with Crippen molar-refractivity contribution in [3.63, 3.8) is 0 Å². The number of esters is 5. The number of carbonyl (C=O) groups excluding carboxylic acids is 5. The molecule has 39 nitrogen and oxygen atoms in total. The molecule has 0 atom stereocenters. The molecule has 1 aliphatic heterocycles. The molecule has 0 radical (unpaired) electrons. The number of aryl methyl sites for hydroxylation is 1. The van der Waals surface area contributed by atoms with E-state index in [0.717, 1.165) is 82.4 Å². The summed E-state index contributed by atoms with van der Waals surface area (Å²) in [5.74, 6) is -5.22. The van der Waals surface area contributed by atoms with Crippen LogP contribution >= 0.6 is 0 Å². The van der Waals surface area contributed by atoms with Crippen molar-refractivity contribution in [1.82, 2.24) is 25.1 Å². The van der Waals surface area contributed by atoms with Gasteiger partial charge in [-0.2, -0.15) is 35.8 Å². The van der Waals surface area contributed by atoms with Crippen LogP contribution in [0.2, 0.25) is 0 Å². The highest BCUT2D eigenvalue weighted by atomic mass is 16.6. The predicted octanol–water partition coefficient (Wildman–Crippen LogP) is 20.7. The van der Waals surface area contributed by atoms with Gasteiger partial charge in [-0.1, -0.05) is 60.7 Å². The van der Waals surface area contributed by atoms with Crippen LogP contribution in [0.25, 0.3) is 0 Å². The summed E-state index contributed by atoms with van der Waals surface area (Å²) in [5, 5.41) is 131. The number of benzene rings is 9. The zero-order valence-electron chi connectivity index (χ0n) is 74.1. The highest BCUT2D eigenvalue weighted by Gasteiger charge is 2.20. The number of azo groups is 6. The van der Waals surface area contributed by atoms with Gasteiger partial charge >= 0.3 is 47.8 Å². The lowest BCUT2D eigenvalue weighted by Crippen LogP contribution is -2.35. The smallest absolute Gasteiger partial charge is 0.356 e. The summed E-state index contributed by atoms with van der Waals surface area (Å²) in [6, 6.07) is 57.1. The van der Waals surface area contributed by atoms with E-state index >= 15 is 0 Å². The Labute approximate surface area is 767 Å². The van der Waals surface area contributed by atoms with Gasteiger partial charge in [0.1, 0.15) is 45.7 Å². The van der Waals surface area contributed by atoms with Crippen molar-refractivity contribution < 1.29 is 108 Å². The maximum atomic E-state index is 11.7. The Morgan fingerprint density at radius 1 is 0.396 bits per heavy atom. The van der Waals surface area contributed by atoms with E-state index in [1.165, 1.54) is 119 Å². The van der Waals surface area contributed by atoms with Crippen LogP contribution in [-0.4, -0.2) is 154 Å². The Kier molecular flexibility index (Phi) is 39.7. The quantitative estimate of drug-likeness (QED) is 0.0184. The number of ether oxygens (including phenoxy) is 6. The van der Waals surface area contributed by atoms with Gasteiger partial charge in [-0.25, -0.2) is 14.6 Å². The first kappa shape index (κ1) is 102. The lowest BCUT2D eigenvalue weighted by atomic mass is 9.97. The Morgan fingerprint density at radius 2 is 0.799 bits per heavy atom. The van der Waals surface area contributed by atoms with Crippen molar-refractivity contribution in [2.45, 2.75) is 88.1 Å². The molecule has 0 aliphatic carbocycles. The van der Waals surface area contributed by atoms with E-state index in [4.69, 9.17) is 39.0 Å². The van der Waals surface area contributed by atoms with Crippen LogP contribution in [0.4, 0.5) is 68.5 Å². The van der Waals surface area contributed by atoms with E-state index in [1.807, 2.05) is 132 Å². The van der Waals surface area contributed by atoms with E-state index in [-0.39, 0.29) is 100 Å². The fraction of sp³-hybridized carbons (Fsp3) is 0.200. The number of carboxylic acid groups (broad SMARTS) is 3. The second kappa shape index (κ2) is 52.2. The van der Waals surface area contributed by atoms with E-state index in [2.05, 4.69) is 91.2 Å². The van der Waals surface area contributed by atoms with Gasteiger partial charge in [0.15, 0.2) is 28.8 Å². The van der Waals surface area contributed by atoms with Crippen LogP contribution in [-0.2, 0) is 68.8 Å². The van der Waals surface area contributed by atoms with Crippen LogP contribution in [0, 0.1) is 34.6 Å². The lowest BCUT2D eigenvalue weighted by molar-refractivity contribution is -0.137. The fourth-order valence-electron chi connectivity index (χ4n) is 11.5. The number of aromatic nitrogens is 4. The largest absolute Gasteiger partial charge is 0.508 e. The van der Waals surface area contributed by atoms with Gasteiger partial charge < -0.3 is 69.3 Å². The summed E-state index contributed by atoms with van der Waals surface area (Å²) in [6.07, 6.45) is 3.34. The molecule has 0 spiro atoms. The molecule has 690 valence electrons. The third kappa shape index (κ3) is 34.7. The molecule has 39 heteroatoms. The monoisotopic (exact) mass is 1820 g/mol. The number of phenols is 5. The van der Waals surface area contributed by atoms with Gasteiger partial charge in [0.2, 0.25) is 0 Å². The van der Waals surface area contributed by atoms with Crippen LogP contribution in [0.3, 0.4) is 0 Å². The van der Waals surface area contributed by atoms with Gasteiger partial charge in [-0.05, 0) is 196 Å². The van der Waals surface area contributed by atoms with Crippen molar-refractivity contribution in [3.8, 4) is 46.0 Å². The van der Waals surface area contributed by atoms with Crippen LogP contribution in [0.15, 0.2) is 286 Å². The number of morpholine rings is 1. The molecule has 12 aromatic rings. The van der Waals surface area contributed by atoms with Gasteiger partial charge in [0.05, 0.1) is 116 Å². The molecule has 1 saturated heterocycles. The third-order valence-electron chi connectivity index (χ3n) is 18.3. The molecule has 4 heterocycles. The molecule has 1 fully saturated rings. The predicted molar refractivity (Wildman–Crippen MR) is 487 cm³/mol. The molecular formula is C95H93N17O22. The number of carbonyl (C=O) groups is 8.